The van der Waals surface area contributed by atoms with Crippen molar-refractivity contribution in [1.29, 1.82) is 0 Å². The average Bonchev–Trinajstić information content (AvgIpc) is 3.64. The van der Waals surface area contributed by atoms with E-state index in [1.807, 2.05) is 43.3 Å². The Morgan fingerprint density at radius 1 is 0.699 bits per heavy atom. The summed E-state index contributed by atoms with van der Waals surface area (Å²) in [5, 5.41) is 70.1. The van der Waals surface area contributed by atoms with Gasteiger partial charge in [0, 0.05) is 56.1 Å². The number of aliphatic hydroxyl groups is 6. The molecular weight excluding hydrogens is 949 g/mol. The van der Waals surface area contributed by atoms with E-state index in [1.54, 1.807) is 33.8 Å². The van der Waals surface area contributed by atoms with Crippen molar-refractivity contribution in [1.82, 2.24) is 0 Å². The molecule has 73 heavy (non-hydrogen) atoms. The third-order valence-corrected chi connectivity index (χ3v) is 18.5. The minimum Gasteiger partial charge on any atom is -0.458 e. The molecule has 1 aromatic rings. The lowest BCUT2D eigenvalue weighted by Crippen LogP contribution is -2.75. The maximum Gasteiger partial charge on any atom is 0.331 e. The standard InChI is InChI=1S/C55H80O18/c1-28(56)36-18-21-55(63)53(36,7)42(70-43(60)15-14-33-12-10-9-11-13-33)27-41-52(6)19-17-35(22-34(52)16-20-54(41,55)62)69-44-23-37(57)49(30(3)66-44)71-45-24-38(58)50(31(4)67-45)72-46-25-39(59)51(32(5)68-46)73-47-26-40(64-8)48(61)29(2)65-47/h9-16,29-32,35-42,44-51,57-59,61-63H,17-27H2,1-8H3/t29-,30-,31-,32+,35-,36-,37-,38-,39-,40-,41-,42+,44+,45+,46-,47+,48-,49-,50-,51-,52+,53+,54-,55+/m1/s1. The summed E-state index contributed by atoms with van der Waals surface area (Å²) in [5.41, 5.74) is -3.18. The van der Waals surface area contributed by atoms with Crippen LogP contribution in [0.3, 0.4) is 0 Å². The van der Waals surface area contributed by atoms with Gasteiger partial charge < -0.3 is 78.0 Å². The van der Waals surface area contributed by atoms with Gasteiger partial charge in [0.1, 0.15) is 47.5 Å². The van der Waals surface area contributed by atoms with E-state index in [1.165, 1.54) is 20.1 Å². The van der Waals surface area contributed by atoms with Gasteiger partial charge in [0.2, 0.25) is 0 Å². The molecule has 0 unspecified atom stereocenters. The highest BCUT2D eigenvalue weighted by Crippen LogP contribution is 2.70. The number of ether oxygens (including phenoxy) is 10. The second kappa shape index (κ2) is 21.6. The number of methoxy groups -OCH3 is 1. The minimum absolute atomic E-state index is 0.0413. The van der Waals surface area contributed by atoms with E-state index in [0.29, 0.717) is 25.7 Å². The van der Waals surface area contributed by atoms with Crippen LogP contribution in [-0.2, 0) is 57.0 Å². The van der Waals surface area contributed by atoms with Gasteiger partial charge in [0.25, 0.3) is 0 Å². The second-order valence-electron chi connectivity index (χ2n) is 22.9. The number of fused-ring (bicyclic) bond motifs is 5. The zero-order valence-electron chi connectivity index (χ0n) is 43.5. The molecule has 0 bridgehead atoms. The summed E-state index contributed by atoms with van der Waals surface area (Å²) in [7, 11) is 1.52. The predicted octanol–water partition coefficient (Wildman–Crippen LogP) is 4.16. The van der Waals surface area contributed by atoms with E-state index < -0.39 is 144 Å². The van der Waals surface area contributed by atoms with Crippen LogP contribution in [0.25, 0.3) is 6.08 Å². The summed E-state index contributed by atoms with van der Waals surface area (Å²) >= 11 is 0. The van der Waals surface area contributed by atoms with E-state index in [-0.39, 0.29) is 56.8 Å². The molecule has 24 atom stereocenters. The molecule has 9 rings (SSSR count). The molecule has 7 fully saturated rings. The molecular formula is C55H80O18. The topological polar surface area (TPSA) is 248 Å². The number of ketones is 1. The van der Waals surface area contributed by atoms with E-state index in [2.05, 4.69) is 6.92 Å². The summed E-state index contributed by atoms with van der Waals surface area (Å²) in [6.07, 6.45) is -4.92. The van der Waals surface area contributed by atoms with Gasteiger partial charge in [-0.25, -0.2) is 4.79 Å². The van der Waals surface area contributed by atoms with Crippen LogP contribution in [0.4, 0.5) is 0 Å². The van der Waals surface area contributed by atoms with Crippen LogP contribution in [0.5, 0.6) is 0 Å². The van der Waals surface area contributed by atoms with Crippen molar-refractivity contribution < 1.29 is 87.6 Å². The molecule has 4 aliphatic carbocycles. The van der Waals surface area contributed by atoms with Gasteiger partial charge in [0.15, 0.2) is 25.2 Å². The van der Waals surface area contributed by atoms with Crippen molar-refractivity contribution in [3.05, 3.63) is 53.6 Å². The number of benzene rings is 1. The molecule has 3 saturated carbocycles. The van der Waals surface area contributed by atoms with Crippen molar-refractivity contribution in [2.24, 2.45) is 22.7 Å². The second-order valence-corrected chi connectivity index (χ2v) is 22.9. The first-order chi connectivity index (χ1) is 34.6. The monoisotopic (exact) mass is 1030 g/mol. The first-order valence-corrected chi connectivity index (χ1v) is 26.7. The number of hydrogen-bond donors (Lipinski definition) is 6. The van der Waals surface area contributed by atoms with Crippen LogP contribution < -0.4 is 0 Å². The zero-order chi connectivity index (χ0) is 52.4. The van der Waals surface area contributed by atoms with Crippen LogP contribution in [-0.4, -0.2) is 171 Å². The van der Waals surface area contributed by atoms with Crippen molar-refractivity contribution >= 4 is 17.8 Å². The van der Waals surface area contributed by atoms with Gasteiger partial charge in [-0.3, -0.25) is 4.79 Å². The largest absolute Gasteiger partial charge is 0.458 e. The Morgan fingerprint density at radius 3 is 1.77 bits per heavy atom. The highest BCUT2D eigenvalue weighted by atomic mass is 16.8. The van der Waals surface area contributed by atoms with Crippen molar-refractivity contribution in [3.63, 3.8) is 0 Å². The highest BCUT2D eigenvalue weighted by Gasteiger charge is 2.77. The summed E-state index contributed by atoms with van der Waals surface area (Å²) < 4.78 is 61.4. The number of carbonyl (C=O) groups excluding carboxylic acids is 2. The summed E-state index contributed by atoms with van der Waals surface area (Å²) in [5.74, 6) is -1.78. The molecule has 4 saturated heterocycles. The van der Waals surface area contributed by atoms with Crippen molar-refractivity contribution in [2.45, 2.75) is 241 Å². The number of carbonyl (C=O) groups is 2. The van der Waals surface area contributed by atoms with Gasteiger partial charge in [-0.1, -0.05) is 55.8 Å². The Kier molecular flexibility index (Phi) is 16.3. The number of esters is 1. The van der Waals surface area contributed by atoms with E-state index >= 15 is 0 Å². The van der Waals surface area contributed by atoms with Gasteiger partial charge in [-0.15, -0.1) is 0 Å². The molecule has 1 aromatic carbocycles. The summed E-state index contributed by atoms with van der Waals surface area (Å²) in [6.45, 7) is 12.5. The SMILES string of the molecule is CO[C@@H]1C[C@H](O[C@H]2[C@H](O)C[C@@H](O[C@H]3[C@H](O)C[C@H](O[C@H]4[C@H](O)C[C@H](O[C@@H]5CC[C@@]6(C)C(=CC[C@@]7(O)[C@@H]6C[C@H](OC(=O)C=Cc6ccccc6)[C@]6(C)[C@@H](C(C)=O)CC[C@]67O)C5)O[C@@H]4C)O[C@@H]3C)O[C@H]2C)O[C@H](C)[C@H]1O. The molecule has 0 radical (unpaired) electrons. The van der Waals surface area contributed by atoms with Gasteiger partial charge >= 0.3 is 5.97 Å². The molecule has 408 valence electrons. The van der Waals surface area contributed by atoms with Crippen LogP contribution in [0.1, 0.15) is 125 Å². The number of hydrogen-bond acceptors (Lipinski definition) is 18. The Bertz CT molecular complexity index is 2120. The molecule has 6 N–H and O–H groups in total. The van der Waals surface area contributed by atoms with Crippen LogP contribution in [0, 0.1) is 22.7 Å². The fourth-order valence-electron chi connectivity index (χ4n) is 14.4. The van der Waals surface area contributed by atoms with Crippen molar-refractivity contribution in [3.8, 4) is 0 Å². The molecule has 4 aliphatic heterocycles. The lowest BCUT2D eigenvalue weighted by atomic mass is 9.43. The highest BCUT2D eigenvalue weighted by molar-refractivity contribution is 5.87. The van der Waals surface area contributed by atoms with E-state index in [0.717, 1.165) is 11.1 Å². The van der Waals surface area contributed by atoms with Crippen LogP contribution in [0.2, 0.25) is 0 Å². The smallest absolute Gasteiger partial charge is 0.331 e. The number of aliphatic hydroxyl groups excluding tert-OH is 4. The first kappa shape index (κ1) is 55.0. The van der Waals surface area contributed by atoms with Crippen molar-refractivity contribution in [2.75, 3.05) is 7.11 Å². The third kappa shape index (κ3) is 10.3. The lowest BCUT2D eigenvalue weighted by molar-refractivity contribution is -0.344. The van der Waals surface area contributed by atoms with Gasteiger partial charge in [-0.05, 0) is 96.6 Å². The maximum atomic E-state index is 13.5. The number of rotatable bonds is 13. The molecule has 18 nitrogen and oxygen atoms in total. The normalized spacial score (nSPS) is 49.0. The Hall–Kier alpha value is -2.76. The molecule has 18 heteroatoms. The minimum atomic E-state index is -1.71. The zero-order valence-corrected chi connectivity index (χ0v) is 43.5. The van der Waals surface area contributed by atoms with E-state index in [4.69, 9.17) is 47.4 Å². The summed E-state index contributed by atoms with van der Waals surface area (Å²) in [6, 6.07) is 9.40. The van der Waals surface area contributed by atoms with Gasteiger partial charge in [0.05, 0.1) is 54.9 Å². The predicted molar refractivity (Wildman–Crippen MR) is 260 cm³/mol. The van der Waals surface area contributed by atoms with Gasteiger partial charge in [-0.2, -0.15) is 0 Å². The van der Waals surface area contributed by atoms with Crippen LogP contribution in [0.15, 0.2) is 48.1 Å². The van der Waals surface area contributed by atoms with E-state index in [9.17, 15) is 40.2 Å². The molecule has 4 heterocycles. The molecule has 8 aliphatic rings. The summed E-state index contributed by atoms with van der Waals surface area (Å²) in [4.78, 5) is 26.8. The quantitative estimate of drug-likeness (QED) is 0.0923. The number of Topliss-reactive ketones (excluding diaryl/α,β-unsaturated/α-hetero) is 1. The Morgan fingerprint density at radius 2 is 1.23 bits per heavy atom. The molecule has 0 spiro atoms. The lowest BCUT2D eigenvalue weighted by Gasteiger charge is -2.66. The fraction of sp³-hybridized carbons (Fsp3) is 0.782. The Labute approximate surface area is 428 Å². The fourth-order valence-corrected chi connectivity index (χ4v) is 14.4. The molecule has 0 aromatic heterocycles. The average molecular weight is 1030 g/mol. The maximum absolute atomic E-state index is 13.5. The Balaban J connectivity index is 0.779. The van der Waals surface area contributed by atoms with Crippen LogP contribution >= 0.6 is 0 Å². The molecule has 0 amide bonds. The third-order valence-electron chi connectivity index (χ3n) is 18.5. The first-order valence-electron chi connectivity index (χ1n) is 26.7.